The first-order valence-electron chi connectivity index (χ1n) is 8.43. The maximum atomic E-state index is 12.8. The molecule has 5 nitrogen and oxygen atoms in total. The van der Waals surface area contributed by atoms with E-state index < -0.39 is 5.60 Å². The molecule has 0 atom stereocenters. The highest BCUT2D eigenvalue weighted by Gasteiger charge is 2.33. The number of nitrogens with zero attached hydrogens (tertiary/aromatic N) is 1. The third-order valence-electron chi connectivity index (χ3n) is 4.17. The summed E-state index contributed by atoms with van der Waals surface area (Å²) in [6.45, 7) is 4.43. The van der Waals surface area contributed by atoms with Crippen LogP contribution in [0.5, 0.6) is 17.2 Å². The number of methoxy groups -OCH3 is 2. The lowest BCUT2D eigenvalue weighted by molar-refractivity contribution is -0.115. The Morgan fingerprint density at radius 2 is 1.85 bits per heavy atom. The van der Waals surface area contributed by atoms with E-state index in [1.807, 2.05) is 56.3 Å². The molecule has 3 rings (SSSR count). The van der Waals surface area contributed by atoms with Crippen molar-refractivity contribution in [1.29, 1.82) is 0 Å². The van der Waals surface area contributed by atoms with Crippen LogP contribution < -0.4 is 19.1 Å². The molecule has 0 bridgehead atoms. The maximum Gasteiger partial charge on any atom is 0.251 e. The first kappa shape index (κ1) is 17.9. The smallest absolute Gasteiger partial charge is 0.251 e. The van der Waals surface area contributed by atoms with Gasteiger partial charge in [0.25, 0.3) is 5.91 Å². The van der Waals surface area contributed by atoms with Crippen LogP contribution in [0.1, 0.15) is 19.4 Å². The van der Waals surface area contributed by atoms with Crippen molar-refractivity contribution in [1.82, 2.24) is 0 Å². The second-order valence-electron chi connectivity index (χ2n) is 6.70. The standard InChI is InChI=1S/C21H23NO4/c1-21(2)14-22(16-7-5-6-8-17(16)26-21)20(23)12-10-15-9-11-18(24-3)19(13-15)25-4/h5-13H,14H2,1-4H3/b12-10+. The molecule has 2 aromatic carbocycles. The van der Waals surface area contributed by atoms with Crippen molar-refractivity contribution in [2.45, 2.75) is 19.4 Å². The highest BCUT2D eigenvalue weighted by molar-refractivity contribution is 6.05. The largest absolute Gasteiger partial charge is 0.493 e. The van der Waals surface area contributed by atoms with Gasteiger partial charge in [-0.05, 0) is 49.8 Å². The van der Waals surface area contributed by atoms with Crippen LogP contribution in [0, 0.1) is 0 Å². The number of carbonyl (C=O) groups is 1. The Balaban J connectivity index is 1.85. The van der Waals surface area contributed by atoms with Gasteiger partial charge in [-0.1, -0.05) is 18.2 Å². The van der Waals surface area contributed by atoms with Crippen LogP contribution in [-0.2, 0) is 4.79 Å². The first-order valence-corrected chi connectivity index (χ1v) is 8.43. The van der Waals surface area contributed by atoms with E-state index in [1.165, 1.54) is 0 Å². The summed E-state index contributed by atoms with van der Waals surface area (Å²) in [6.07, 6.45) is 3.34. The van der Waals surface area contributed by atoms with E-state index >= 15 is 0 Å². The minimum atomic E-state index is -0.443. The zero-order valence-corrected chi connectivity index (χ0v) is 15.5. The zero-order chi connectivity index (χ0) is 18.7. The third-order valence-corrected chi connectivity index (χ3v) is 4.17. The second-order valence-corrected chi connectivity index (χ2v) is 6.70. The number of carbonyl (C=O) groups excluding carboxylic acids is 1. The molecule has 1 aliphatic rings. The average Bonchev–Trinajstić information content (AvgIpc) is 2.64. The topological polar surface area (TPSA) is 48.0 Å². The fourth-order valence-electron chi connectivity index (χ4n) is 2.97. The van der Waals surface area contributed by atoms with E-state index in [4.69, 9.17) is 14.2 Å². The summed E-state index contributed by atoms with van der Waals surface area (Å²) >= 11 is 0. The van der Waals surface area contributed by atoms with Crippen LogP contribution in [0.4, 0.5) is 5.69 Å². The second kappa shape index (κ2) is 7.12. The van der Waals surface area contributed by atoms with Crippen LogP contribution in [-0.4, -0.2) is 32.3 Å². The highest BCUT2D eigenvalue weighted by atomic mass is 16.5. The zero-order valence-electron chi connectivity index (χ0n) is 15.5. The summed E-state index contributed by atoms with van der Waals surface area (Å²) in [5.41, 5.74) is 1.20. The van der Waals surface area contributed by atoms with Crippen molar-refractivity contribution in [3.63, 3.8) is 0 Å². The van der Waals surface area contributed by atoms with Crippen LogP contribution in [0.3, 0.4) is 0 Å². The molecule has 2 aromatic rings. The van der Waals surface area contributed by atoms with Gasteiger partial charge in [-0.25, -0.2) is 0 Å². The lowest BCUT2D eigenvalue weighted by Gasteiger charge is -2.39. The number of amides is 1. The molecule has 0 saturated carbocycles. The molecule has 0 aromatic heterocycles. The van der Waals surface area contributed by atoms with Crippen molar-refractivity contribution in [2.75, 3.05) is 25.7 Å². The van der Waals surface area contributed by atoms with Crippen molar-refractivity contribution in [3.05, 3.63) is 54.1 Å². The maximum absolute atomic E-state index is 12.8. The quantitative estimate of drug-likeness (QED) is 0.782. The minimum Gasteiger partial charge on any atom is -0.493 e. The number of anilines is 1. The summed E-state index contributed by atoms with van der Waals surface area (Å²) in [6, 6.07) is 13.1. The molecule has 1 amide bonds. The molecular formula is C21H23NO4. The molecule has 1 heterocycles. The fraction of sp³-hybridized carbons (Fsp3) is 0.286. The molecule has 0 aliphatic carbocycles. The van der Waals surface area contributed by atoms with Gasteiger partial charge in [0.2, 0.25) is 0 Å². The number of hydrogen-bond acceptors (Lipinski definition) is 4. The van der Waals surface area contributed by atoms with Gasteiger partial charge >= 0.3 is 0 Å². The molecule has 1 aliphatic heterocycles. The molecule has 5 heteroatoms. The van der Waals surface area contributed by atoms with Gasteiger partial charge in [-0.3, -0.25) is 4.79 Å². The summed E-state index contributed by atoms with van der Waals surface area (Å²) < 4.78 is 16.5. The number of benzene rings is 2. The van der Waals surface area contributed by atoms with Crippen LogP contribution in [0.15, 0.2) is 48.5 Å². The molecule has 0 radical (unpaired) electrons. The van der Waals surface area contributed by atoms with Crippen LogP contribution in [0.2, 0.25) is 0 Å². The molecule has 26 heavy (non-hydrogen) atoms. The summed E-state index contributed by atoms with van der Waals surface area (Å²) in [4.78, 5) is 14.6. The number of rotatable bonds is 4. The Labute approximate surface area is 153 Å². The number of hydrogen-bond donors (Lipinski definition) is 0. The van der Waals surface area contributed by atoms with Crippen molar-refractivity contribution < 1.29 is 19.0 Å². The van der Waals surface area contributed by atoms with Gasteiger partial charge < -0.3 is 19.1 Å². The predicted molar refractivity (Wildman–Crippen MR) is 102 cm³/mol. The minimum absolute atomic E-state index is 0.0939. The van der Waals surface area contributed by atoms with E-state index in [0.717, 1.165) is 17.0 Å². The lowest BCUT2D eigenvalue weighted by Crippen LogP contribution is -2.48. The normalized spacial score (nSPS) is 15.3. The van der Waals surface area contributed by atoms with Gasteiger partial charge in [0.05, 0.1) is 26.5 Å². The Morgan fingerprint density at radius 1 is 1.12 bits per heavy atom. The fourth-order valence-corrected chi connectivity index (χ4v) is 2.97. The van der Waals surface area contributed by atoms with Crippen molar-refractivity contribution in [2.24, 2.45) is 0 Å². The van der Waals surface area contributed by atoms with E-state index in [9.17, 15) is 4.79 Å². The van der Waals surface area contributed by atoms with Gasteiger partial charge in [0.1, 0.15) is 11.4 Å². The molecule has 0 saturated heterocycles. The SMILES string of the molecule is COc1ccc(/C=C/C(=O)N2CC(C)(C)Oc3ccccc32)cc1OC. The predicted octanol–water partition coefficient (Wildman–Crippen LogP) is 3.92. The average molecular weight is 353 g/mol. The van der Waals surface area contributed by atoms with E-state index in [1.54, 1.807) is 31.3 Å². The molecule has 0 unspecified atom stereocenters. The number of para-hydroxylation sites is 2. The van der Waals surface area contributed by atoms with Gasteiger partial charge in [-0.15, -0.1) is 0 Å². The Kier molecular flexibility index (Phi) is 4.89. The van der Waals surface area contributed by atoms with E-state index in [0.29, 0.717) is 18.0 Å². The van der Waals surface area contributed by atoms with Gasteiger partial charge in [0.15, 0.2) is 11.5 Å². The summed E-state index contributed by atoms with van der Waals surface area (Å²) in [5, 5.41) is 0. The molecular weight excluding hydrogens is 330 g/mol. The van der Waals surface area contributed by atoms with Crippen molar-refractivity contribution >= 4 is 17.7 Å². The monoisotopic (exact) mass is 353 g/mol. The molecule has 136 valence electrons. The molecule has 0 fully saturated rings. The summed E-state index contributed by atoms with van der Waals surface area (Å²) in [7, 11) is 3.18. The molecule has 0 N–H and O–H groups in total. The number of fused-ring (bicyclic) bond motifs is 1. The van der Waals surface area contributed by atoms with Gasteiger partial charge in [-0.2, -0.15) is 0 Å². The highest BCUT2D eigenvalue weighted by Crippen LogP contribution is 2.36. The Bertz CT molecular complexity index is 842. The van der Waals surface area contributed by atoms with Gasteiger partial charge in [0, 0.05) is 6.08 Å². The van der Waals surface area contributed by atoms with E-state index in [-0.39, 0.29) is 5.91 Å². The third kappa shape index (κ3) is 3.67. The van der Waals surface area contributed by atoms with E-state index in [2.05, 4.69) is 0 Å². The Morgan fingerprint density at radius 3 is 2.58 bits per heavy atom. The molecule has 0 spiro atoms. The van der Waals surface area contributed by atoms with Crippen molar-refractivity contribution in [3.8, 4) is 17.2 Å². The summed E-state index contributed by atoms with van der Waals surface area (Å²) in [5.74, 6) is 1.90. The number of ether oxygens (including phenoxy) is 3. The lowest BCUT2D eigenvalue weighted by atomic mass is 10.0. The van der Waals surface area contributed by atoms with Crippen LogP contribution in [0.25, 0.3) is 6.08 Å². The van der Waals surface area contributed by atoms with Crippen LogP contribution >= 0.6 is 0 Å². The Hall–Kier alpha value is -2.95. The first-order chi connectivity index (χ1) is 12.4.